The molecule has 1 aliphatic carbocycles. The molecule has 3 saturated heterocycles. The number of nitrogens with zero attached hydrogens (tertiary/aromatic N) is 9. The van der Waals surface area contributed by atoms with Gasteiger partial charge in [0.2, 0.25) is 11.8 Å². The van der Waals surface area contributed by atoms with Crippen molar-refractivity contribution in [3.8, 4) is 6.07 Å². The van der Waals surface area contributed by atoms with E-state index < -0.39 is 40.9 Å². The lowest BCUT2D eigenvalue weighted by molar-refractivity contribution is -0.134. The zero-order valence-corrected chi connectivity index (χ0v) is 35.2. The van der Waals surface area contributed by atoms with Gasteiger partial charge in [0.05, 0.1) is 40.4 Å². The third-order valence-electron chi connectivity index (χ3n) is 13.1. The van der Waals surface area contributed by atoms with Gasteiger partial charge in [-0.3, -0.25) is 29.3 Å². The summed E-state index contributed by atoms with van der Waals surface area (Å²) >= 11 is 0. The first-order chi connectivity index (χ1) is 30.2. The number of piperazine rings is 2. The van der Waals surface area contributed by atoms with Gasteiger partial charge in [-0.1, -0.05) is 0 Å². The second-order valence-corrected chi connectivity index (χ2v) is 17.6. The minimum Gasteiger partial charge on any atom is -0.386 e. The fraction of sp³-hybridized carbons (Fsp3) is 0.444. The lowest BCUT2D eigenvalue weighted by atomic mass is 9.89. The van der Waals surface area contributed by atoms with Crippen LogP contribution in [0.25, 0.3) is 16.4 Å². The van der Waals surface area contributed by atoms with E-state index in [1.807, 2.05) is 32.8 Å². The smallest absolute Gasteiger partial charge is 0.320 e. The monoisotopic (exact) mass is 861 g/mol. The van der Waals surface area contributed by atoms with Crippen LogP contribution in [0.5, 0.6) is 0 Å². The number of amides is 5. The van der Waals surface area contributed by atoms with Crippen LogP contribution < -0.4 is 15.5 Å². The molecule has 0 unspecified atom stereocenters. The average molecular weight is 862 g/mol. The zero-order valence-electron chi connectivity index (χ0n) is 35.2. The molecular weight excluding hydrogens is 813 g/mol. The number of anilines is 2. The lowest BCUT2D eigenvalue weighted by Gasteiger charge is -2.44. The Kier molecular flexibility index (Phi) is 11.1. The fourth-order valence-electron chi connectivity index (χ4n) is 9.68. The SMILES string of the molecule is CC(C)(O)c1cc2nn([C@H]3CC[C@H](N4CCN(C(=O)N5CCN(c6cc(F)c([C@H]7CCC(=O)NC7=O)c(F)c6)CC5)CC4)CC3)cc2cc1NC(=O)c1ccc2cc(C#N)cnn12. The molecule has 3 N–H and O–H groups in total. The number of halogens is 2. The maximum absolute atomic E-state index is 15.2. The van der Waals surface area contributed by atoms with E-state index in [4.69, 9.17) is 5.10 Å². The standard InChI is InChI=1S/C45H49F2N11O5/c1-45(2,63)34-23-37-28(20-38(34)50-43(61)39-9-7-31-19-27(24-48)25-49-58(31)39)26-57(52-37)30-5-3-29(4-6-30)53-11-15-55(16-12-53)44(62)56-17-13-54(14-18-56)32-21-35(46)41(36(47)22-32)33-8-10-40(59)51-42(33)60/h7,9,19-23,25-26,29-30,33,63H,3-6,8,10-18H2,1-2H3,(H,50,61)(H,51,59,60)/t29-,30-,33-/m1/s1. The number of carbonyl (C=O) groups excluding carboxylic acids is 4. The van der Waals surface area contributed by atoms with Crippen LogP contribution in [0, 0.1) is 23.0 Å². The van der Waals surface area contributed by atoms with Crippen LogP contribution in [0.3, 0.4) is 0 Å². The first kappa shape index (κ1) is 41.9. The number of hydrogen-bond acceptors (Lipinski definition) is 10. The number of imide groups is 1. The molecule has 5 amide bonds. The van der Waals surface area contributed by atoms with Gasteiger partial charge in [0.15, 0.2) is 0 Å². The molecule has 3 aromatic heterocycles. The number of urea groups is 1. The molecule has 3 aliphatic heterocycles. The number of nitrogens with one attached hydrogen (secondary N) is 2. The van der Waals surface area contributed by atoms with Crippen molar-refractivity contribution in [1.82, 2.24) is 39.4 Å². The highest BCUT2D eigenvalue weighted by Gasteiger charge is 2.35. The Hall–Kier alpha value is -6.45. The second kappa shape index (κ2) is 16.7. The molecule has 6 heterocycles. The number of benzene rings is 2. The summed E-state index contributed by atoms with van der Waals surface area (Å²) in [6.07, 6.45) is 7.32. The van der Waals surface area contributed by atoms with Crippen molar-refractivity contribution in [2.24, 2.45) is 0 Å². The number of aliphatic hydroxyl groups is 1. The highest BCUT2D eigenvalue weighted by molar-refractivity contribution is 6.05. The van der Waals surface area contributed by atoms with E-state index in [0.29, 0.717) is 79.0 Å². The molecule has 9 rings (SSSR count). The Bertz CT molecular complexity index is 2640. The van der Waals surface area contributed by atoms with Gasteiger partial charge < -0.3 is 25.1 Å². The number of piperidine rings is 1. The highest BCUT2D eigenvalue weighted by Crippen LogP contribution is 2.37. The Morgan fingerprint density at radius 1 is 0.889 bits per heavy atom. The maximum atomic E-state index is 15.2. The van der Waals surface area contributed by atoms with Gasteiger partial charge in [0.1, 0.15) is 23.4 Å². The minimum atomic E-state index is -1.27. The van der Waals surface area contributed by atoms with Crippen LogP contribution >= 0.6 is 0 Å². The van der Waals surface area contributed by atoms with Crippen molar-refractivity contribution in [1.29, 1.82) is 5.26 Å². The van der Waals surface area contributed by atoms with Crippen molar-refractivity contribution in [3.63, 3.8) is 0 Å². The summed E-state index contributed by atoms with van der Waals surface area (Å²) in [5.41, 5.74) is 1.77. The molecule has 1 atom stereocenters. The van der Waals surface area contributed by atoms with E-state index >= 15 is 8.78 Å². The molecule has 4 aliphatic rings. The Morgan fingerprint density at radius 2 is 1.56 bits per heavy atom. The van der Waals surface area contributed by atoms with Gasteiger partial charge in [-0.15, -0.1) is 0 Å². The zero-order chi connectivity index (χ0) is 44.2. The van der Waals surface area contributed by atoms with Crippen LogP contribution in [0.4, 0.5) is 25.0 Å². The summed E-state index contributed by atoms with van der Waals surface area (Å²) in [6, 6.07) is 13.8. The van der Waals surface area contributed by atoms with Crippen LogP contribution in [0.2, 0.25) is 0 Å². The number of nitriles is 1. The second-order valence-electron chi connectivity index (χ2n) is 17.6. The van der Waals surface area contributed by atoms with E-state index in [0.717, 1.165) is 49.7 Å². The fourth-order valence-corrected chi connectivity index (χ4v) is 9.68. The number of aromatic nitrogens is 4. The Morgan fingerprint density at radius 3 is 2.21 bits per heavy atom. The van der Waals surface area contributed by atoms with Crippen molar-refractivity contribution < 1.29 is 33.1 Å². The topological polar surface area (TPSA) is 184 Å². The third-order valence-corrected chi connectivity index (χ3v) is 13.1. The molecule has 63 heavy (non-hydrogen) atoms. The summed E-state index contributed by atoms with van der Waals surface area (Å²) in [5, 5.41) is 35.5. The molecule has 18 heteroatoms. The predicted octanol–water partition coefficient (Wildman–Crippen LogP) is 4.88. The summed E-state index contributed by atoms with van der Waals surface area (Å²) < 4.78 is 33.9. The summed E-state index contributed by atoms with van der Waals surface area (Å²) in [4.78, 5) is 58.9. The summed E-state index contributed by atoms with van der Waals surface area (Å²) in [6.45, 7) is 7.75. The molecule has 0 bridgehead atoms. The molecular formula is C45H49F2N11O5. The van der Waals surface area contributed by atoms with E-state index in [1.165, 1.54) is 22.8 Å². The summed E-state index contributed by atoms with van der Waals surface area (Å²) in [7, 11) is 0. The quantitative estimate of drug-likeness (QED) is 0.191. The van der Waals surface area contributed by atoms with Gasteiger partial charge in [0, 0.05) is 98.9 Å². The normalized spacial score (nSPS) is 21.5. The van der Waals surface area contributed by atoms with Gasteiger partial charge >= 0.3 is 6.03 Å². The molecule has 4 fully saturated rings. The number of hydrogen-bond donors (Lipinski definition) is 3. The van der Waals surface area contributed by atoms with Crippen LogP contribution in [-0.4, -0.2) is 121 Å². The highest BCUT2D eigenvalue weighted by atomic mass is 19.1. The van der Waals surface area contributed by atoms with Crippen molar-refractivity contribution in [2.75, 3.05) is 62.6 Å². The van der Waals surface area contributed by atoms with E-state index in [2.05, 4.69) is 26.7 Å². The molecule has 16 nitrogen and oxygen atoms in total. The van der Waals surface area contributed by atoms with E-state index in [9.17, 15) is 29.5 Å². The summed E-state index contributed by atoms with van der Waals surface area (Å²) in [5.74, 6) is -4.24. The van der Waals surface area contributed by atoms with E-state index in [-0.39, 0.29) is 30.5 Å². The van der Waals surface area contributed by atoms with Gasteiger partial charge in [0.25, 0.3) is 5.91 Å². The van der Waals surface area contributed by atoms with Crippen molar-refractivity contribution in [2.45, 2.75) is 76.0 Å². The van der Waals surface area contributed by atoms with Crippen LogP contribution in [0.15, 0.2) is 54.9 Å². The van der Waals surface area contributed by atoms with E-state index in [1.54, 1.807) is 36.9 Å². The molecule has 5 aromatic rings. The number of fused-ring (bicyclic) bond motifs is 2. The minimum absolute atomic E-state index is 0.0247. The van der Waals surface area contributed by atoms with Crippen LogP contribution in [-0.2, 0) is 15.2 Å². The molecule has 0 spiro atoms. The molecule has 0 radical (unpaired) electrons. The predicted molar refractivity (Wildman–Crippen MR) is 228 cm³/mol. The number of rotatable bonds is 7. The molecule has 1 saturated carbocycles. The van der Waals surface area contributed by atoms with Gasteiger partial charge in [-0.05, 0) is 88.4 Å². The third kappa shape index (κ3) is 8.30. The largest absolute Gasteiger partial charge is 0.386 e. The van der Waals surface area contributed by atoms with Gasteiger partial charge in [-0.25, -0.2) is 18.1 Å². The molecule has 328 valence electrons. The first-order valence-corrected chi connectivity index (χ1v) is 21.5. The number of carbonyl (C=O) groups is 4. The Balaban J connectivity index is 0.770. The average Bonchev–Trinajstić information content (AvgIpc) is 3.90. The maximum Gasteiger partial charge on any atom is 0.320 e. The van der Waals surface area contributed by atoms with Crippen LogP contribution in [0.1, 0.15) is 91.5 Å². The van der Waals surface area contributed by atoms with Crippen molar-refractivity contribution in [3.05, 3.63) is 88.9 Å². The Labute approximate surface area is 362 Å². The first-order valence-electron chi connectivity index (χ1n) is 21.5. The lowest BCUT2D eigenvalue weighted by Crippen LogP contribution is -2.58. The molecule has 2 aromatic carbocycles. The van der Waals surface area contributed by atoms with Crippen molar-refractivity contribution >= 4 is 51.5 Å². The van der Waals surface area contributed by atoms with Gasteiger partial charge in [-0.2, -0.15) is 15.5 Å².